The van der Waals surface area contributed by atoms with E-state index in [1.54, 1.807) is 23.5 Å². The van der Waals surface area contributed by atoms with Crippen LogP contribution in [-0.4, -0.2) is 29.7 Å². The minimum absolute atomic E-state index is 0.142. The number of hydrazine groups is 1. The molecule has 3 heterocycles. The number of thiophene rings is 1. The van der Waals surface area contributed by atoms with Crippen molar-refractivity contribution in [1.29, 1.82) is 0 Å². The predicted molar refractivity (Wildman–Crippen MR) is 126 cm³/mol. The van der Waals surface area contributed by atoms with Crippen LogP contribution in [-0.2, 0) is 4.79 Å². The molecule has 0 radical (unpaired) electrons. The number of hydrogen-bond donors (Lipinski definition) is 1. The van der Waals surface area contributed by atoms with Crippen LogP contribution in [0.25, 0.3) is 0 Å². The summed E-state index contributed by atoms with van der Waals surface area (Å²) in [6, 6.07) is 7.40. The third kappa shape index (κ3) is 4.11. The zero-order valence-corrected chi connectivity index (χ0v) is 19.7. The highest BCUT2D eigenvalue weighted by Gasteiger charge is 2.49. The summed E-state index contributed by atoms with van der Waals surface area (Å²) in [6.07, 6.45) is 3.40. The van der Waals surface area contributed by atoms with Gasteiger partial charge in [0, 0.05) is 28.4 Å². The van der Waals surface area contributed by atoms with E-state index in [2.05, 4.69) is 37.6 Å². The summed E-state index contributed by atoms with van der Waals surface area (Å²) in [4.78, 5) is 14.4. The maximum Gasteiger partial charge on any atom is 0.282 e. The summed E-state index contributed by atoms with van der Waals surface area (Å²) in [7, 11) is 0. The van der Waals surface area contributed by atoms with E-state index < -0.39 is 5.41 Å². The lowest BCUT2D eigenvalue weighted by Gasteiger charge is -2.33. The Morgan fingerprint density at radius 1 is 1.20 bits per heavy atom. The molecule has 1 saturated heterocycles. The summed E-state index contributed by atoms with van der Waals surface area (Å²) in [6.45, 7) is 7.97. The zero-order valence-electron chi connectivity index (χ0n) is 17.4. The Kier molecular flexibility index (Phi) is 6.13. The average Bonchev–Trinajstić information content (AvgIpc) is 3.22. The Hall–Kier alpha value is -1.60. The number of carbonyl (C=O) groups excluding carboxylic acids is 1. The normalized spacial score (nSPS) is 21.6. The highest BCUT2D eigenvalue weighted by molar-refractivity contribution is 7.10. The molecule has 1 aromatic heterocycles. The van der Waals surface area contributed by atoms with Crippen molar-refractivity contribution in [2.45, 2.75) is 46.1 Å². The summed E-state index contributed by atoms with van der Waals surface area (Å²) >= 11 is 14.3. The smallest absolute Gasteiger partial charge is 0.282 e. The topological polar surface area (TPSA) is 47.9 Å². The lowest BCUT2D eigenvalue weighted by atomic mass is 9.79. The summed E-state index contributed by atoms with van der Waals surface area (Å²) in [5, 5.41) is 11.9. The molecule has 30 heavy (non-hydrogen) atoms. The standard InChI is InChI=1S/C22H26Cl2N4OS/c1-14-11-18(30-13-14)20-22(2,3)19(21(29)26-27-9-5-4-6-10-27)25-28(20)17-8-7-15(23)12-16(17)24/h7-8,11-13,20H,4-6,9-10H2,1-3H3,(H,26,29). The van der Waals surface area contributed by atoms with Crippen LogP contribution in [0.15, 0.2) is 34.7 Å². The number of carbonyl (C=O) groups is 1. The monoisotopic (exact) mass is 464 g/mol. The minimum Gasteiger partial charge on any atom is -0.284 e. The molecule has 1 amide bonds. The number of hydrazone groups is 1. The highest BCUT2D eigenvalue weighted by Crippen LogP contribution is 2.50. The van der Waals surface area contributed by atoms with Gasteiger partial charge in [-0.2, -0.15) is 5.10 Å². The second-order valence-corrected chi connectivity index (χ2v) is 10.3. The van der Waals surface area contributed by atoms with E-state index in [0.717, 1.165) is 36.5 Å². The van der Waals surface area contributed by atoms with Gasteiger partial charge in [-0.3, -0.25) is 15.2 Å². The maximum absolute atomic E-state index is 13.3. The molecule has 8 heteroatoms. The van der Waals surface area contributed by atoms with Crippen LogP contribution >= 0.6 is 34.5 Å². The SMILES string of the molecule is Cc1csc(C2N(c3ccc(Cl)cc3Cl)N=C(C(=O)NN3CCCCC3)C2(C)C)c1. The van der Waals surface area contributed by atoms with Crippen molar-refractivity contribution in [2.75, 3.05) is 18.1 Å². The quantitative estimate of drug-likeness (QED) is 0.619. The first-order valence-electron chi connectivity index (χ1n) is 10.2. The highest BCUT2D eigenvalue weighted by atomic mass is 35.5. The Labute approximate surface area is 191 Å². The van der Waals surface area contributed by atoms with Crippen molar-refractivity contribution >= 4 is 51.8 Å². The molecule has 2 aliphatic rings. The number of nitrogens with zero attached hydrogens (tertiary/aromatic N) is 3. The first kappa shape index (κ1) is 21.6. The third-order valence-electron chi connectivity index (χ3n) is 5.75. The zero-order chi connectivity index (χ0) is 21.5. The van der Waals surface area contributed by atoms with Gasteiger partial charge in [0.1, 0.15) is 5.71 Å². The van der Waals surface area contributed by atoms with E-state index in [-0.39, 0.29) is 11.9 Å². The second-order valence-electron chi connectivity index (χ2n) is 8.53. The molecule has 1 fully saturated rings. The summed E-state index contributed by atoms with van der Waals surface area (Å²) in [5.41, 5.74) is 5.01. The average molecular weight is 465 g/mol. The number of piperidine rings is 1. The van der Waals surface area contributed by atoms with Crippen molar-refractivity contribution in [3.8, 4) is 0 Å². The van der Waals surface area contributed by atoms with Crippen LogP contribution in [0, 0.1) is 12.3 Å². The molecule has 0 bridgehead atoms. The van der Waals surface area contributed by atoms with Gasteiger partial charge in [-0.1, -0.05) is 43.5 Å². The lowest BCUT2D eigenvalue weighted by molar-refractivity contribution is -0.120. The molecule has 5 nitrogen and oxygen atoms in total. The molecule has 1 N–H and O–H groups in total. The minimum atomic E-state index is -0.514. The fourth-order valence-corrected chi connectivity index (χ4v) is 5.87. The van der Waals surface area contributed by atoms with Crippen molar-refractivity contribution < 1.29 is 4.79 Å². The first-order chi connectivity index (χ1) is 14.3. The van der Waals surface area contributed by atoms with Crippen molar-refractivity contribution in [1.82, 2.24) is 10.4 Å². The fraction of sp³-hybridized carbons (Fsp3) is 0.455. The Balaban J connectivity index is 1.73. The first-order valence-corrected chi connectivity index (χ1v) is 11.9. The number of aryl methyl sites for hydroxylation is 1. The molecule has 1 atom stereocenters. The lowest BCUT2D eigenvalue weighted by Crippen LogP contribution is -2.50. The van der Waals surface area contributed by atoms with Crippen molar-refractivity contribution in [2.24, 2.45) is 10.5 Å². The van der Waals surface area contributed by atoms with E-state index in [9.17, 15) is 4.79 Å². The van der Waals surface area contributed by atoms with Crippen LogP contribution in [0.4, 0.5) is 5.69 Å². The molecule has 4 rings (SSSR count). The Morgan fingerprint density at radius 2 is 1.93 bits per heavy atom. The van der Waals surface area contributed by atoms with Crippen LogP contribution in [0.1, 0.15) is 49.6 Å². The van der Waals surface area contributed by atoms with E-state index in [0.29, 0.717) is 15.8 Å². The van der Waals surface area contributed by atoms with E-state index in [4.69, 9.17) is 28.3 Å². The van der Waals surface area contributed by atoms with E-state index in [1.807, 2.05) is 16.1 Å². The van der Waals surface area contributed by atoms with Crippen molar-refractivity contribution in [3.63, 3.8) is 0 Å². The number of rotatable bonds is 4. The molecule has 0 spiro atoms. The van der Waals surface area contributed by atoms with Crippen LogP contribution < -0.4 is 10.4 Å². The van der Waals surface area contributed by atoms with Gasteiger partial charge in [-0.25, -0.2) is 5.01 Å². The van der Waals surface area contributed by atoms with Gasteiger partial charge in [0.05, 0.1) is 16.8 Å². The molecule has 160 valence electrons. The van der Waals surface area contributed by atoms with E-state index in [1.165, 1.54) is 12.0 Å². The second kappa shape index (κ2) is 8.50. The predicted octanol–water partition coefficient (Wildman–Crippen LogP) is 5.82. The summed E-state index contributed by atoms with van der Waals surface area (Å²) in [5.74, 6) is -0.146. The molecule has 1 unspecified atom stereocenters. The molecule has 0 saturated carbocycles. The number of benzene rings is 1. The Morgan fingerprint density at radius 3 is 2.57 bits per heavy atom. The molecule has 2 aliphatic heterocycles. The fourth-order valence-electron chi connectivity index (χ4n) is 4.20. The number of anilines is 1. The van der Waals surface area contributed by atoms with Crippen LogP contribution in [0.5, 0.6) is 0 Å². The summed E-state index contributed by atoms with van der Waals surface area (Å²) < 4.78 is 0. The molecular weight excluding hydrogens is 439 g/mol. The number of hydrogen-bond acceptors (Lipinski definition) is 5. The van der Waals surface area contributed by atoms with Gasteiger partial charge in [0.2, 0.25) is 0 Å². The largest absolute Gasteiger partial charge is 0.284 e. The van der Waals surface area contributed by atoms with Crippen molar-refractivity contribution in [3.05, 3.63) is 50.1 Å². The van der Waals surface area contributed by atoms with Gasteiger partial charge in [-0.05, 0) is 55.0 Å². The van der Waals surface area contributed by atoms with Gasteiger partial charge >= 0.3 is 0 Å². The number of amides is 1. The molecule has 0 aliphatic carbocycles. The Bertz CT molecular complexity index is 981. The maximum atomic E-state index is 13.3. The van der Waals surface area contributed by atoms with Crippen LogP contribution in [0.3, 0.4) is 0 Å². The molecular formula is C22H26Cl2N4OS. The van der Waals surface area contributed by atoms with Gasteiger partial charge in [0.25, 0.3) is 5.91 Å². The number of nitrogens with one attached hydrogen (secondary N) is 1. The van der Waals surface area contributed by atoms with Crippen LogP contribution in [0.2, 0.25) is 10.0 Å². The van der Waals surface area contributed by atoms with Gasteiger partial charge in [-0.15, -0.1) is 11.3 Å². The van der Waals surface area contributed by atoms with Gasteiger partial charge in [0.15, 0.2) is 0 Å². The molecule has 2 aromatic rings. The van der Waals surface area contributed by atoms with E-state index >= 15 is 0 Å². The third-order valence-corrected chi connectivity index (χ3v) is 7.39. The molecule has 1 aromatic carbocycles. The van der Waals surface area contributed by atoms with Gasteiger partial charge < -0.3 is 0 Å². The number of halogens is 2.